The van der Waals surface area contributed by atoms with Crippen molar-refractivity contribution in [2.45, 2.75) is 38.1 Å². The van der Waals surface area contributed by atoms with Gasteiger partial charge in [-0.2, -0.15) is 12.6 Å². The Morgan fingerprint density at radius 3 is 2.27 bits per heavy atom. The van der Waals surface area contributed by atoms with Gasteiger partial charge in [0.05, 0.1) is 0 Å². The number of thiol groups is 1. The molecule has 2 aliphatic rings. The molecule has 0 radical (unpaired) electrons. The number of hydrogen-bond acceptors (Lipinski definition) is 4. The van der Waals surface area contributed by atoms with Gasteiger partial charge in [0.15, 0.2) is 0 Å². The van der Waals surface area contributed by atoms with Crippen LogP contribution >= 0.6 is 12.6 Å². The van der Waals surface area contributed by atoms with Crippen LogP contribution in [-0.2, 0) is 0 Å². The molecule has 1 aliphatic carbocycles. The minimum Gasteiger partial charge on any atom is -0.384 e. The molecule has 0 atom stereocenters. The summed E-state index contributed by atoms with van der Waals surface area (Å²) >= 11 is 4.23. The summed E-state index contributed by atoms with van der Waals surface area (Å²) in [5.74, 6) is 0.866. The van der Waals surface area contributed by atoms with E-state index in [1.54, 1.807) is 0 Å². The minimum atomic E-state index is 0.865. The highest BCUT2D eigenvalue weighted by Gasteiger charge is 2.25. The third-order valence-corrected chi connectivity index (χ3v) is 5.30. The largest absolute Gasteiger partial charge is 0.384 e. The maximum absolute atomic E-state index is 4.23. The fraction of sp³-hybridized carbons (Fsp3) is 0.667. The average molecular weight is 320 g/mol. The van der Waals surface area contributed by atoms with E-state index in [4.69, 9.17) is 0 Å². The first kappa shape index (κ1) is 16.0. The molecule has 2 fully saturated rings. The monoisotopic (exact) mass is 319 g/mol. The lowest BCUT2D eigenvalue weighted by atomic mass is 9.94. The average Bonchev–Trinajstić information content (AvgIpc) is 2.61. The van der Waals surface area contributed by atoms with Crippen molar-refractivity contribution >= 4 is 24.0 Å². The molecule has 4 heteroatoms. The number of hydrogen-bond donors (Lipinski definition) is 2. The Bertz CT molecular complexity index is 434. The predicted molar refractivity (Wildman–Crippen MR) is 99.4 cm³/mol. The van der Waals surface area contributed by atoms with E-state index in [0.29, 0.717) is 0 Å². The third-order valence-electron chi connectivity index (χ3n) is 5.08. The predicted octanol–water partition coefficient (Wildman–Crippen LogP) is 3.48. The summed E-state index contributed by atoms with van der Waals surface area (Å²) in [5.41, 5.74) is 2.55. The number of piperazine rings is 1. The van der Waals surface area contributed by atoms with Crippen molar-refractivity contribution in [2.24, 2.45) is 0 Å². The van der Waals surface area contributed by atoms with Gasteiger partial charge in [0.2, 0.25) is 0 Å². The molecule has 0 aromatic heterocycles. The van der Waals surface area contributed by atoms with Gasteiger partial charge >= 0.3 is 0 Å². The molecule has 3 rings (SSSR count). The first-order valence-corrected chi connectivity index (χ1v) is 9.44. The van der Waals surface area contributed by atoms with Crippen molar-refractivity contribution < 1.29 is 0 Å². The van der Waals surface area contributed by atoms with E-state index in [0.717, 1.165) is 18.3 Å². The molecule has 0 unspecified atom stereocenters. The first-order valence-electron chi connectivity index (χ1n) is 8.80. The van der Waals surface area contributed by atoms with Crippen LogP contribution in [0.25, 0.3) is 0 Å². The van der Waals surface area contributed by atoms with Crippen LogP contribution in [0.4, 0.5) is 11.4 Å². The Kier molecular flexibility index (Phi) is 5.90. The van der Waals surface area contributed by atoms with E-state index < -0.39 is 0 Å². The van der Waals surface area contributed by atoms with Crippen LogP contribution in [0.3, 0.4) is 0 Å². The van der Waals surface area contributed by atoms with Gasteiger partial charge < -0.3 is 10.2 Å². The van der Waals surface area contributed by atoms with E-state index in [9.17, 15) is 0 Å². The van der Waals surface area contributed by atoms with E-state index in [-0.39, 0.29) is 0 Å². The summed E-state index contributed by atoms with van der Waals surface area (Å²) in [6, 6.07) is 9.73. The Hall–Kier alpha value is -0.870. The maximum Gasteiger partial charge on any atom is 0.0368 e. The highest BCUT2D eigenvalue weighted by Crippen LogP contribution is 2.25. The molecule has 3 nitrogen and oxygen atoms in total. The van der Waals surface area contributed by atoms with Crippen LogP contribution in [0, 0.1) is 0 Å². The third kappa shape index (κ3) is 4.11. The smallest absolute Gasteiger partial charge is 0.0368 e. The summed E-state index contributed by atoms with van der Waals surface area (Å²) in [7, 11) is 0. The molecular weight excluding hydrogens is 290 g/mol. The molecule has 1 N–H and O–H groups in total. The Morgan fingerprint density at radius 2 is 1.64 bits per heavy atom. The zero-order valence-electron chi connectivity index (χ0n) is 13.5. The van der Waals surface area contributed by atoms with E-state index in [2.05, 4.69) is 52.0 Å². The molecule has 22 heavy (non-hydrogen) atoms. The second-order valence-corrected chi connectivity index (χ2v) is 6.96. The van der Waals surface area contributed by atoms with Crippen LogP contribution in [0.2, 0.25) is 0 Å². The zero-order chi connectivity index (χ0) is 15.2. The van der Waals surface area contributed by atoms with Gasteiger partial charge in [-0.05, 0) is 37.1 Å². The second-order valence-electron chi connectivity index (χ2n) is 6.51. The van der Waals surface area contributed by atoms with Crippen molar-refractivity contribution in [3.8, 4) is 0 Å². The van der Waals surface area contributed by atoms with Crippen LogP contribution in [0.1, 0.15) is 32.1 Å². The lowest BCUT2D eigenvalue weighted by Gasteiger charge is -2.41. The van der Waals surface area contributed by atoms with Gasteiger partial charge in [0, 0.05) is 55.9 Å². The molecule has 122 valence electrons. The molecule has 1 aromatic carbocycles. The van der Waals surface area contributed by atoms with Crippen molar-refractivity contribution in [2.75, 3.05) is 48.7 Å². The lowest BCUT2D eigenvalue weighted by molar-refractivity contribution is 0.148. The van der Waals surface area contributed by atoms with Gasteiger partial charge in [-0.3, -0.25) is 4.90 Å². The van der Waals surface area contributed by atoms with Crippen LogP contribution < -0.4 is 10.2 Å². The summed E-state index contributed by atoms with van der Waals surface area (Å²) in [4.78, 5) is 5.26. The highest BCUT2D eigenvalue weighted by molar-refractivity contribution is 7.80. The standard InChI is InChI=1S/C18H29N3S/c22-15-10-19-16-6-8-18(9-7-16)21-13-11-20(12-14-21)17-4-2-1-3-5-17/h6-9,17,19,22H,1-5,10-15H2. The number of rotatable bonds is 5. The summed E-state index contributed by atoms with van der Waals surface area (Å²) in [6.07, 6.45) is 7.17. The molecule has 1 aromatic rings. The molecule has 1 heterocycles. The van der Waals surface area contributed by atoms with Gasteiger partial charge in [-0.1, -0.05) is 19.3 Å². The molecule has 1 saturated carbocycles. The van der Waals surface area contributed by atoms with Crippen molar-refractivity contribution in [3.63, 3.8) is 0 Å². The van der Waals surface area contributed by atoms with Crippen molar-refractivity contribution in [3.05, 3.63) is 24.3 Å². The van der Waals surface area contributed by atoms with Crippen LogP contribution in [-0.4, -0.2) is 49.4 Å². The number of benzene rings is 1. The molecule has 0 spiro atoms. The van der Waals surface area contributed by atoms with Gasteiger partial charge in [-0.25, -0.2) is 0 Å². The molecule has 0 amide bonds. The normalized spacial score (nSPS) is 21.0. The molecule has 1 aliphatic heterocycles. The minimum absolute atomic E-state index is 0.865. The van der Waals surface area contributed by atoms with Gasteiger partial charge in [-0.15, -0.1) is 0 Å². The fourth-order valence-electron chi connectivity index (χ4n) is 3.78. The second kappa shape index (κ2) is 8.11. The van der Waals surface area contributed by atoms with Crippen LogP contribution in [0.15, 0.2) is 24.3 Å². The van der Waals surface area contributed by atoms with E-state index in [1.807, 2.05) is 0 Å². The topological polar surface area (TPSA) is 18.5 Å². The number of anilines is 2. The Labute approximate surface area is 140 Å². The summed E-state index contributed by atoms with van der Waals surface area (Å²) in [6.45, 7) is 5.71. The number of nitrogens with zero attached hydrogens (tertiary/aromatic N) is 2. The Balaban J connectivity index is 1.50. The quantitative estimate of drug-likeness (QED) is 0.810. The van der Waals surface area contributed by atoms with Crippen LogP contribution in [0.5, 0.6) is 0 Å². The SMILES string of the molecule is SCCNc1ccc(N2CCN(C3CCCCC3)CC2)cc1. The zero-order valence-corrected chi connectivity index (χ0v) is 14.4. The lowest BCUT2D eigenvalue weighted by Crippen LogP contribution is -2.50. The van der Waals surface area contributed by atoms with Gasteiger partial charge in [0.25, 0.3) is 0 Å². The first-order chi connectivity index (χ1) is 10.9. The maximum atomic E-state index is 4.23. The summed E-state index contributed by atoms with van der Waals surface area (Å²) < 4.78 is 0. The van der Waals surface area contributed by atoms with Crippen molar-refractivity contribution in [1.29, 1.82) is 0 Å². The Morgan fingerprint density at radius 1 is 0.955 bits per heavy atom. The van der Waals surface area contributed by atoms with E-state index >= 15 is 0 Å². The van der Waals surface area contributed by atoms with E-state index in [1.165, 1.54) is 69.7 Å². The van der Waals surface area contributed by atoms with Crippen molar-refractivity contribution in [1.82, 2.24) is 4.90 Å². The fourth-order valence-corrected chi connectivity index (χ4v) is 3.89. The molecular formula is C18H29N3S. The number of nitrogens with one attached hydrogen (secondary N) is 1. The highest BCUT2D eigenvalue weighted by atomic mass is 32.1. The summed E-state index contributed by atoms with van der Waals surface area (Å²) in [5, 5.41) is 3.37. The van der Waals surface area contributed by atoms with Gasteiger partial charge in [0.1, 0.15) is 0 Å². The molecule has 0 bridgehead atoms. The molecule has 1 saturated heterocycles.